The van der Waals surface area contributed by atoms with Gasteiger partial charge in [-0.25, -0.2) is 0 Å². The Morgan fingerprint density at radius 2 is 2.00 bits per heavy atom. The maximum absolute atomic E-state index is 12.3. The lowest BCUT2D eigenvalue weighted by molar-refractivity contribution is -0.116. The lowest BCUT2D eigenvalue weighted by atomic mass is 10.1. The third kappa shape index (κ3) is 4.28. The fourth-order valence-electron chi connectivity index (χ4n) is 2.34. The van der Waals surface area contributed by atoms with E-state index in [0.717, 1.165) is 22.9 Å². The van der Waals surface area contributed by atoms with Crippen LogP contribution in [0.1, 0.15) is 34.1 Å². The van der Waals surface area contributed by atoms with Gasteiger partial charge in [-0.2, -0.15) is 4.98 Å². The topological polar surface area (TPSA) is 62.3 Å². The van der Waals surface area contributed by atoms with E-state index in [0.29, 0.717) is 23.4 Å². The number of rotatable bonds is 6. The number of benzene rings is 1. The zero-order chi connectivity index (χ0) is 17.0. The molecule has 124 valence electrons. The number of carbonyl (C=O) groups excluding carboxylic acids is 1. The van der Waals surface area contributed by atoms with Gasteiger partial charge in [-0.3, -0.25) is 9.59 Å². The first-order chi connectivity index (χ1) is 10.9. The van der Waals surface area contributed by atoms with Crippen molar-refractivity contribution in [3.05, 3.63) is 28.6 Å². The summed E-state index contributed by atoms with van der Waals surface area (Å²) in [5, 5.41) is 4.13. The van der Waals surface area contributed by atoms with E-state index in [1.165, 1.54) is 11.3 Å². The second kappa shape index (κ2) is 7.55. The Hall–Kier alpha value is -1.95. The predicted octanol–water partition coefficient (Wildman–Crippen LogP) is 3.49. The van der Waals surface area contributed by atoms with Crippen LogP contribution in [0, 0.1) is 5.92 Å². The number of anilines is 2. The van der Waals surface area contributed by atoms with E-state index >= 15 is 0 Å². The summed E-state index contributed by atoms with van der Waals surface area (Å²) in [7, 11) is 0. The highest BCUT2D eigenvalue weighted by atomic mass is 32.1. The Morgan fingerprint density at radius 3 is 2.61 bits per heavy atom. The first-order valence-electron chi connectivity index (χ1n) is 7.94. The van der Waals surface area contributed by atoms with Gasteiger partial charge < -0.3 is 10.2 Å². The van der Waals surface area contributed by atoms with Crippen LogP contribution < -0.4 is 15.8 Å². The summed E-state index contributed by atoms with van der Waals surface area (Å²) in [5.74, 6) is 0.259. The molecule has 0 aliphatic heterocycles. The van der Waals surface area contributed by atoms with Crippen molar-refractivity contribution in [1.29, 1.82) is 0 Å². The molecule has 1 heterocycles. The SMILES string of the molecule is CCN(CC)c1nc(=O)c2cc(NC(=O)CC(C)C)ccc2s1. The van der Waals surface area contributed by atoms with Gasteiger partial charge in [-0.05, 0) is 38.0 Å². The van der Waals surface area contributed by atoms with E-state index in [-0.39, 0.29) is 11.5 Å². The molecule has 0 saturated heterocycles. The Labute approximate surface area is 140 Å². The fraction of sp³-hybridized carbons (Fsp3) is 0.471. The Bertz CT molecular complexity index is 751. The molecule has 2 aromatic rings. The van der Waals surface area contributed by atoms with E-state index in [4.69, 9.17) is 0 Å². The molecule has 1 N–H and O–H groups in total. The summed E-state index contributed by atoms with van der Waals surface area (Å²) >= 11 is 1.50. The second-order valence-electron chi connectivity index (χ2n) is 5.83. The number of amides is 1. The molecule has 1 amide bonds. The van der Waals surface area contributed by atoms with Crippen molar-refractivity contribution in [2.24, 2.45) is 5.92 Å². The summed E-state index contributed by atoms with van der Waals surface area (Å²) in [6, 6.07) is 5.43. The van der Waals surface area contributed by atoms with Gasteiger partial charge in [0.2, 0.25) is 5.91 Å². The number of carbonyl (C=O) groups is 1. The first-order valence-corrected chi connectivity index (χ1v) is 8.76. The first kappa shape index (κ1) is 17.4. The fourth-order valence-corrected chi connectivity index (χ4v) is 3.45. The quantitative estimate of drug-likeness (QED) is 0.879. The van der Waals surface area contributed by atoms with Crippen molar-refractivity contribution in [1.82, 2.24) is 4.98 Å². The van der Waals surface area contributed by atoms with Gasteiger partial charge in [-0.15, -0.1) is 0 Å². The summed E-state index contributed by atoms with van der Waals surface area (Å²) in [5.41, 5.74) is 0.394. The van der Waals surface area contributed by atoms with Crippen molar-refractivity contribution in [3.8, 4) is 0 Å². The molecule has 1 aromatic heterocycles. The molecular formula is C17H23N3O2S. The summed E-state index contributed by atoms with van der Waals surface area (Å²) < 4.78 is 0.883. The normalized spacial score (nSPS) is 11.0. The number of fused-ring (bicyclic) bond motifs is 1. The maximum Gasteiger partial charge on any atom is 0.281 e. The summed E-state index contributed by atoms with van der Waals surface area (Å²) in [4.78, 5) is 30.4. The van der Waals surface area contributed by atoms with E-state index in [1.54, 1.807) is 6.07 Å². The second-order valence-corrected chi connectivity index (χ2v) is 6.84. The average Bonchev–Trinajstić information content (AvgIpc) is 2.48. The molecule has 0 bridgehead atoms. The molecule has 0 fully saturated rings. The zero-order valence-corrected chi connectivity index (χ0v) is 14.9. The molecule has 0 aliphatic carbocycles. The highest BCUT2D eigenvalue weighted by Gasteiger charge is 2.11. The molecule has 6 heteroatoms. The van der Waals surface area contributed by atoms with Crippen molar-refractivity contribution < 1.29 is 4.79 Å². The van der Waals surface area contributed by atoms with Gasteiger partial charge in [0.15, 0.2) is 5.13 Å². The van der Waals surface area contributed by atoms with E-state index in [1.807, 2.05) is 39.8 Å². The zero-order valence-electron chi connectivity index (χ0n) is 14.0. The molecule has 0 atom stereocenters. The van der Waals surface area contributed by atoms with Crippen LogP contribution in [-0.4, -0.2) is 24.0 Å². The number of hydrogen-bond donors (Lipinski definition) is 1. The minimum atomic E-state index is -0.249. The molecule has 0 spiro atoms. The Kier molecular flexibility index (Phi) is 5.71. The lowest BCUT2D eigenvalue weighted by Crippen LogP contribution is -2.24. The summed E-state index contributed by atoms with van der Waals surface area (Å²) in [6.07, 6.45) is 0.462. The van der Waals surface area contributed by atoms with Crippen molar-refractivity contribution >= 4 is 38.1 Å². The van der Waals surface area contributed by atoms with Gasteiger partial charge in [-0.1, -0.05) is 25.2 Å². The van der Waals surface area contributed by atoms with Gasteiger partial charge in [0.1, 0.15) is 0 Å². The third-order valence-corrected chi connectivity index (χ3v) is 4.63. The maximum atomic E-state index is 12.3. The van der Waals surface area contributed by atoms with Gasteiger partial charge in [0.05, 0.1) is 5.39 Å². The van der Waals surface area contributed by atoms with E-state index in [9.17, 15) is 9.59 Å². The van der Waals surface area contributed by atoms with Crippen LogP contribution in [0.4, 0.5) is 10.8 Å². The van der Waals surface area contributed by atoms with Crippen LogP contribution in [-0.2, 0) is 4.79 Å². The molecule has 0 radical (unpaired) electrons. The smallest absolute Gasteiger partial charge is 0.281 e. The monoisotopic (exact) mass is 333 g/mol. The number of nitrogens with zero attached hydrogens (tertiary/aromatic N) is 2. The molecule has 0 aliphatic rings. The average molecular weight is 333 g/mol. The molecule has 1 aromatic carbocycles. The van der Waals surface area contributed by atoms with Crippen molar-refractivity contribution in [3.63, 3.8) is 0 Å². The van der Waals surface area contributed by atoms with Crippen LogP contribution in [0.2, 0.25) is 0 Å². The van der Waals surface area contributed by atoms with Gasteiger partial charge in [0.25, 0.3) is 5.56 Å². The minimum absolute atomic E-state index is 0.0387. The number of nitrogens with one attached hydrogen (secondary N) is 1. The van der Waals surface area contributed by atoms with Crippen LogP contribution >= 0.6 is 11.3 Å². The Morgan fingerprint density at radius 1 is 1.30 bits per heavy atom. The van der Waals surface area contributed by atoms with E-state index < -0.39 is 0 Å². The molecule has 5 nitrogen and oxygen atoms in total. The molecule has 23 heavy (non-hydrogen) atoms. The van der Waals surface area contributed by atoms with Crippen LogP contribution in [0.15, 0.2) is 23.0 Å². The minimum Gasteiger partial charge on any atom is -0.349 e. The molecule has 0 unspecified atom stereocenters. The molecular weight excluding hydrogens is 310 g/mol. The molecule has 0 saturated carbocycles. The van der Waals surface area contributed by atoms with Gasteiger partial charge in [0, 0.05) is 29.9 Å². The number of hydrogen-bond acceptors (Lipinski definition) is 5. The third-order valence-electron chi connectivity index (χ3n) is 3.52. The standard InChI is InChI=1S/C17H23N3O2S/c1-5-20(6-2)17-19-16(22)13-10-12(7-8-14(13)23-17)18-15(21)9-11(3)4/h7-8,10-11H,5-6,9H2,1-4H3,(H,18,21). The van der Waals surface area contributed by atoms with Crippen molar-refractivity contribution in [2.45, 2.75) is 34.1 Å². The van der Waals surface area contributed by atoms with Crippen molar-refractivity contribution in [2.75, 3.05) is 23.3 Å². The predicted molar refractivity (Wildman–Crippen MR) is 97.5 cm³/mol. The largest absolute Gasteiger partial charge is 0.349 e. The van der Waals surface area contributed by atoms with Crippen LogP contribution in [0.25, 0.3) is 10.1 Å². The highest BCUT2D eigenvalue weighted by molar-refractivity contribution is 7.21. The highest BCUT2D eigenvalue weighted by Crippen LogP contribution is 2.26. The van der Waals surface area contributed by atoms with Gasteiger partial charge >= 0.3 is 0 Å². The lowest BCUT2D eigenvalue weighted by Gasteiger charge is -2.18. The summed E-state index contributed by atoms with van der Waals surface area (Å²) in [6.45, 7) is 9.70. The van der Waals surface area contributed by atoms with E-state index in [2.05, 4.69) is 15.2 Å². The van der Waals surface area contributed by atoms with Crippen LogP contribution in [0.5, 0.6) is 0 Å². The van der Waals surface area contributed by atoms with Crippen LogP contribution in [0.3, 0.4) is 0 Å². The Balaban J connectivity index is 2.34. The molecule has 2 rings (SSSR count). The number of aromatic nitrogens is 1.